The van der Waals surface area contributed by atoms with E-state index in [1.54, 1.807) is 0 Å². The van der Waals surface area contributed by atoms with Crippen LogP contribution >= 0.6 is 0 Å². The highest BCUT2D eigenvalue weighted by atomic mass is 16.5. The Hall–Kier alpha value is -0.610. The Morgan fingerprint density at radius 2 is 2.07 bits per heavy atom. The number of rotatable bonds is 3. The van der Waals surface area contributed by atoms with Crippen molar-refractivity contribution in [2.45, 2.75) is 57.9 Å². The predicted molar refractivity (Wildman–Crippen MR) is 54.8 cm³/mol. The summed E-state index contributed by atoms with van der Waals surface area (Å²) in [6.45, 7) is 5.79. The van der Waals surface area contributed by atoms with E-state index in [-0.39, 0.29) is 30.2 Å². The molecule has 0 aromatic heterocycles. The van der Waals surface area contributed by atoms with Gasteiger partial charge in [-0.3, -0.25) is 4.79 Å². The normalized spacial score (nSPS) is 29.2. The first-order valence-corrected chi connectivity index (χ1v) is 5.22. The smallest absolute Gasteiger partial charge is 0.249 e. The van der Waals surface area contributed by atoms with Crippen molar-refractivity contribution >= 4 is 5.91 Å². The molecule has 14 heavy (non-hydrogen) atoms. The summed E-state index contributed by atoms with van der Waals surface area (Å²) in [5.41, 5.74) is 5.70. The highest BCUT2D eigenvalue weighted by molar-refractivity contribution is 5.81. The molecule has 1 aliphatic rings. The second kappa shape index (κ2) is 4.75. The molecule has 82 valence electrons. The number of carbonyl (C=O) groups excluding carboxylic acids is 1. The van der Waals surface area contributed by atoms with Gasteiger partial charge in [0, 0.05) is 12.1 Å². The van der Waals surface area contributed by atoms with Gasteiger partial charge in [-0.25, -0.2) is 0 Å². The Morgan fingerprint density at radius 3 is 2.50 bits per heavy atom. The van der Waals surface area contributed by atoms with Gasteiger partial charge >= 0.3 is 0 Å². The van der Waals surface area contributed by atoms with Crippen LogP contribution in [-0.4, -0.2) is 30.2 Å². The summed E-state index contributed by atoms with van der Waals surface area (Å²) >= 11 is 0. The van der Waals surface area contributed by atoms with Gasteiger partial charge in [-0.05, 0) is 33.6 Å². The van der Waals surface area contributed by atoms with E-state index in [4.69, 9.17) is 10.5 Å². The first-order chi connectivity index (χ1) is 6.50. The first-order valence-electron chi connectivity index (χ1n) is 5.22. The average Bonchev–Trinajstić information content (AvgIpc) is 2.50. The molecule has 1 rings (SSSR count). The summed E-state index contributed by atoms with van der Waals surface area (Å²) in [4.78, 5) is 11.5. The fraction of sp³-hybridized carbons (Fsp3) is 0.900. The average molecular weight is 200 g/mol. The summed E-state index contributed by atoms with van der Waals surface area (Å²) in [6.07, 6.45) is 1.41. The second-order valence-electron chi connectivity index (χ2n) is 4.26. The van der Waals surface area contributed by atoms with E-state index < -0.39 is 0 Å². The van der Waals surface area contributed by atoms with Gasteiger partial charge in [0.2, 0.25) is 5.91 Å². The molecule has 1 heterocycles. The number of nitrogens with two attached hydrogens (primary N) is 1. The van der Waals surface area contributed by atoms with Crippen molar-refractivity contribution in [3.05, 3.63) is 0 Å². The minimum Gasteiger partial charge on any atom is -0.364 e. The zero-order chi connectivity index (χ0) is 10.7. The van der Waals surface area contributed by atoms with Crippen LogP contribution in [0.2, 0.25) is 0 Å². The summed E-state index contributed by atoms with van der Waals surface area (Å²) in [5, 5.41) is 2.84. The maximum Gasteiger partial charge on any atom is 0.249 e. The minimum atomic E-state index is -0.298. The lowest BCUT2D eigenvalue weighted by atomic mass is 10.1. The van der Waals surface area contributed by atoms with Crippen LogP contribution in [0, 0.1) is 0 Å². The standard InChI is InChI=1S/C10H20N2O2/c1-6(2)12-10(13)9-5-4-8(14-9)7(3)11/h6-9H,4-5,11H2,1-3H3,(H,12,13). The molecule has 1 amide bonds. The predicted octanol–water partition coefficient (Wildman–Crippen LogP) is 0.406. The van der Waals surface area contributed by atoms with Gasteiger partial charge in [0.25, 0.3) is 0 Å². The third kappa shape index (κ3) is 2.96. The molecule has 1 aliphatic heterocycles. The van der Waals surface area contributed by atoms with Gasteiger partial charge in [-0.2, -0.15) is 0 Å². The zero-order valence-electron chi connectivity index (χ0n) is 9.12. The van der Waals surface area contributed by atoms with Gasteiger partial charge in [-0.15, -0.1) is 0 Å². The first kappa shape index (κ1) is 11.5. The highest BCUT2D eigenvalue weighted by Gasteiger charge is 2.32. The van der Waals surface area contributed by atoms with Gasteiger partial charge in [0.05, 0.1) is 6.10 Å². The fourth-order valence-corrected chi connectivity index (χ4v) is 1.62. The van der Waals surface area contributed by atoms with E-state index in [2.05, 4.69) is 5.32 Å². The van der Waals surface area contributed by atoms with Crippen molar-refractivity contribution in [2.24, 2.45) is 5.73 Å². The van der Waals surface area contributed by atoms with E-state index in [1.807, 2.05) is 20.8 Å². The van der Waals surface area contributed by atoms with Gasteiger partial charge in [0.1, 0.15) is 6.10 Å². The number of nitrogens with one attached hydrogen (secondary N) is 1. The van der Waals surface area contributed by atoms with E-state index in [0.717, 1.165) is 12.8 Å². The Morgan fingerprint density at radius 1 is 1.43 bits per heavy atom. The van der Waals surface area contributed by atoms with Crippen LogP contribution in [-0.2, 0) is 9.53 Å². The minimum absolute atomic E-state index is 0.00634. The van der Waals surface area contributed by atoms with E-state index in [9.17, 15) is 4.79 Å². The number of hydrogen-bond acceptors (Lipinski definition) is 3. The molecule has 0 bridgehead atoms. The SMILES string of the molecule is CC(C)NC(=O)C1CCC(C(C)N)O1. The lowest BCUT2D eigenvalue weighted by Gasteiger charge is -2.17. The van der Waals surface area contributed by atoms with Gasteiger partial charge in [0.15, 0.2) is 0 Å². The lowest BCUT2D eigenvalue weighted by molar-refractivity contribution is -0.132. The van der Waals surface area contributed by atoms with Crippen molar-refractivity contribution in [3.63, 3.8) is 0 Å². The maximum absolute atomic E-state index is 11.5. The van der Waals surface area contributed by atoms with Crippen molar-refractivity contribution in [1.29, 1.82) is 0 Å². The van der Waals surface area contributed by atoms with Crippen molar-refractivity contribution < 1.29 is 9.53 Å². The Balaban J connectivity index is 2.38. The molecule has 0 aromatic rings. The number of amides is 1. The summed E-state index contributed by atoms with van der Waals surface area (Å²) in [7, 11) is 0. The van der Waals surface area contributed by atoms with Crippen molar-refractivity contribution in [1.82, 2.24) is 5.32 Å². The quantitative estimate of drug-likeness (QED) is 0.693. The third-order valence-electron chi connectivity index (χ3n) is 2.36. The van der Waals surface area contributed by atoms with E-state index in [0.29, 0.717) is 0 Å². The topological polar surface area (TPSA) is 64.4 Å². The van der Waals surface area contributed by atoms with Crippen LogP contribution in [0.3, 0.4) is 0 Å². The number of hydrogen-bond donors (Lipinski definition) is 2. The van der Waals surface area contributed by atoms with Crippen LogP contribution in [0.25, 0.3) is 0 Å². The van der Waals surface area contributed by atoms with Crippen LogP contribution in [0.4, 0.5) is 0 Å². The molecule has 4 heteroatoms. The summed E-state index contributed by atoms with van der Waals surface area (Å²) in [6, 6.07) is 0.173. The molecule has 3 unspecified atom stereocenters. The monoisotopic (exact) mass is 200 g/mol. The third-order valence-corrected chi connectivity index (χ3v) is 2.36. The molecule has 0 spiro atoms. The highest BCUT2D eigenvalue weighted by Crippen LogP contribution is 2.21. The zero-order valence-corrected chi connectivity index (χ0v) is 9.12. The molecular formula is C10H20N2O2. The molecule has 1 fully saturated rings. The lowest BCUT2D eigenvalue weighted by Crippen LogP contribution is -2.40. The number of carbonyl (C=O) groups is 1. The summed E-state index contributed by atoms with van der Waals surface area (Å²) in [5.74, 6) is -0.0110. The molecule has 1 saturated heterocycles. The molecule has 3 N–H and O–H groups in total. The van der Waals surface area contributed by atoms with Crippen LogP contribution < -0.4 is 11.1 Å². The number of ether oxygens (including phenoxy) is 1. The Labute approximate surface area is 85.2 Å². The Bertz CT molecular complexity index is 204. The van der Waals surface area contributed by atoms with Gasteiger partial charge < -0.3 is 15.8 Å². The molecular weight excluding hydrogens is 180 g/mol. The fourth-order valence-electron chi connectivity index (χ4n) is 1.62. The van der Waals surface area contributed by atoms with E-state index >= 15 is 0 Å². The van der Waals surface area contributed by atoms with Gasteiger partial charge in [-0.1, -0.05) is 0 Å². The maximum atomic E-state index is 11.5. The van der Waals surface area contributed by atoms with Crippen molar-refractivity contribution in [2.75, 3.05) is 0 Å². The molecule has 0 radical (unpaired) electrons. The molecule has 0 saturated carbocycles. The van der Waals surface area contributed by atoms with Crippen LogP contribution in [0.5, 0.6) is 0 Å². The molecule has 4 nitrogen and oxygen atoms in total. The molecule has 3 atom stereocenters. The van der Waals surface area contributed by atoms with Crippen molar-refractivity contribution in [3.8, 4) is 0 Å². The second-order valence-corrected chi connectivity index (χ2v) is 4.26. The Kier molecular flexibility index (Phi) is 3.89. The van der Waals surface area contributed by atoms with Crippen LogP contribution in [0.15, 0.2) is 0 Å². The van der Waals surface area contributed by atoms with E-state index in [1.165, 1.54) is 0 Å². The summed E-state index contributed by atoms with van der Waals surface area (Å²) < 4.78 is 5.55. The molecule has 0 aliphatic carbocycles. The molecule has 0 aromatic carbocycles. The van der Waals surface area contributed by atoms with Crippen LogP contribution in [0.1, 0.15) is 33.6 Å². The largest absolute Gasteiger partial charge is 0.364 e.